The molecule has 0 radical (unpaired) electrons. The quantitative estimate of drug-likeness (QED) is 0.718. The van der Waals surface area contributed by atoms with E-state index < -0.39 is 0 Å². The highest BCUT2D eigenvalue weighted by atomic mass is 127. The van der Waals surface area contributed by atoms with E-state index >= 15 is 0 Å². The molecule has 0 bridgehead atoms. The van der Waals surface area contributed by atoms with E-state index in [1.54, 1.807) is 0 Å². The molecule has 1 N–H and O–H groups in total. The van der Waals surface area contributed by atoms with Gasteiger partial charge in [0.05, 0.1) is 5.69 Å². The second kappa shape index (κ2) is 6.04. The van der Waals surface area contributed by atoms with Crippen LogP contribution in [0.2, 0.25) is 0 Å². The van der Waals surface area contributed by atoms with Gasteiger partial charge in [-0.3, -0.25) is 0 Å². The lowest BCUT2D eigenvalue weighted by Crippen LogP contribution is -2.16. The minimum atomic E-state index is 0.539. The molecule has 0 unspecified atom stereocenters. The van der Waals surface area contributed by atoms with Crippen LogP contribution in [0.3, 0.4) is 0 Å². The summed E-state index contributed by atoms with van der Waals surface area (Å²) in [4.78, 5) is 4.54. The molecule has 22 heavy (non-hydrogen) atoms. The normalized spacial score (nSPS) is 17.7. The lowest BCUT2D eigenvalue weighted by molar-refractivity contribution is 0.0849. The van der Waals surface area contributed by atoms with Gasteiger partial charge in [0.1, 0.15) is 18.2 Å². The first-order chi connectivity index (χ1) is 10.8. The monoisotopic (exact) mass is 408 g/mol. The van der Waals surface area contributed by atoms with Crippen LogP contribution >= 0.6 is 22.6 Å². The van der Waals surface area contributed by atoms with Crippen molar-refractivity contribution < 1.29 is 9.47 Å². The minimum Gasteiger partial charge on any atom is -0.487 e. The first kappa shape index (κ1) is 14.3. The third-order valence-corrected chi connectivity index (χ3v) is 4.99. The number of hydrogen-bond donors (Lipinski definition) is 1. The van der Waals surface area contributed by atoms with Gasteiger partial charge in [0, 0.05) is 28.5 Å². The van der Waals surface area contributed by atoms with E-state index in [0.717, 1.165) is 43.3 Å². The molecule has 1 aromatic carbocycles. The topological polar surface area (TPSA) is 43.4 Å². The van der Waals surface area contributed by atoms with Crippen molar-refractivity contribution in [3.8, 4) is 5.75 Å². The molecule has 0 amide bonds. The van der Waals surface area contributed by atoms with Gasteiger partial charge in [-0.05, 0) is 71.2 Å². The highest BCUT2D eigenvalue weighted by Gasteiger charge is 2.23. The number of halogens is 1. The molecular weight excluding hydrogens is 391 g/mol. The Balaban J connectivity index is 1.73. The fourth-order valence-electron chi connectivity index (χ4n) is 3.16. The standard InChI is InChI=1S/C17H17IN2O2/c18-12-1-2-16-15(9-12)20-17-14(10-22-16)13(3-6-19-17)11-4-7-21-8-5-11/h1-3,6,9,11H,4-5,7-8,10H2,(H,19,20). The van der Waals surface area contributed by atoms with Crippen molar-refractivity contribution in [2.24, 2.45) is 0 Å². The second-order valence-corrected chi connectivity index (χ2v) is 6.91. The van der Waals surface area contributed by atoms with Crippen molar-refractivity contribution in [3.63, 3.8) is 0 Å². The smallest absolute Gasteiger partial charge is 0.143 e. The lowest BCUT2D eigenvalue weighted by Gasteiger charge is -2.24. The first-order valence-electron chi connectivity index (χ1n) is 7.56. The van der Waals surface area contributed by atoms with E-state index in [1.165, 1.54) is 14.7 Å². The lowest BCUT2D eigenvalue weighted by atomic mass is 9.89. The van der Waals surface area contributed by atoms with Gasteiger partial charge in [0.15, 0.2) is 0 Å². The molecular formula is C17H17IN2O2. The van der Waals surface area contributed by atoms with Crippen LogP contribution in [0.1, 0.15) is 29.9 Å². The Morgan fingerprint density at radius 1 is 1.18 bits per heavy atom. The zero-order valence-corrected chi connectivity index (χ0v) is 14.3. The number of anilines is 2. The van der Waals surface area contributed by atoms with Crippen LogP contribution in [0.5, 0.6) is 5.75 Å². The maximum absolute atomic E-state index is 6.02. The van der Waals surface area contributed by atoms with Gasteiger partial charge in [-0.1, -0.05) is 0 Å². The molecule has 2 aliphatic rings. The largest absolute Gasteiger partial charge is 0.487 e. The van der Waals surface area contributed by atoms with Crippen LogP contribution in [-0.4, -0.2) is 18.2 Å². The predicted molar refractivity (Wildman–Crippen MR) is 93.8 cm³/mol. The number of benzene rings is 1. The average Bonchev–Trinajstić information content (AvgIpc) is 2.74. The van der Waals surface area contributed by atoms with Crippen LogP contribution < -0.4 is 10.1 Å². The van der Waals surface area contributed by atoms with Gasteiger partial charge in [-0.2, -0.15) is 0 Å². The molecule has 5 heteroatoms. The van der Waals surface area contributed by atoms with Crippen molar-refractivity contribution in [1.29, 1.82) is 0 Å². The maximum Gasteiger partial charge on any atom is 0.143 e. The van der Waals surface area contributed by atoms with Gasteiger partial charge < -0.3 is 14.8 Å². The molecule has 4 rings (SSSR count). The molecule has 0 spiro atoms. The van der Waals surface area contributed by atoms with Crippen molar-refractivity contribution in [1.82, 2.24) is 4.98 Å². The molecule has 2 aromatic rings. The molecule has 1 fully saturated rings. The number of fused-ring (bicyclic) bond motifs is 2. The third kappa shape index (κ3) is 2.67. The van der Waals surface area contributed by atoms with Crippen molar-refractivity contribution in [2.75, 3.05) is 18.5 Å². The van der Waals surface area contributed by atoms with Crippen molar-refractivity contribution in [2.45, 2.75) is 25.4 Å². The van der Waals surface area contributed by atoms with Gasteiger partial charge in [-0.15, -0.1) is 0 Å². The van der Waals surface area contributed by atoms with Crippen molar-refractivity contribution >= 4 is 34.1 Å². The number of aromatic nitrogens is 1. The van der Waals surface area contributed by atoms with Gasteiger partial charge in [0.2, 0.25) is 0 Å². The number of pyridine rings is 1. The van der Waals surface area contributed by atoms with Crippen LogP contribution in [-0.2, 0) is 11.3 Å². The Kier molecular flexibility index (Phi) is 3.92. The van der Waals surface area contributed by atoms with Gasteiger partial charge in [0.25, 0.3) is 0 Å². The molecule has 0 aliphatic carbocycles. The number of nitrogens with zero attached hydrogens (tertiary/aromatic N) is 1. The molecule has 1 saturated heterocycles. The third-order valence-electron chi connectivity index (χ3n) is 4.32. The zero-order chi connectivity index (χ0) is 14.9. The summed E-state index contributed by atoms with van der Waals surface area (Å²) in [6.07, 6.45) is 4.04. The summed E-state index contributed by atoms with van der Waals surface area (Å²) >= 11 is 2.31. The number of nitrogens with one attached hydrogen (secondary N) is 1. The highest BCUT2D eigenvalue weighted by molar-refractivity contribution is 14.1. The Hall–Kier alpha value is -1.34. The number of hydrogen-bond acceptors (Lipinski definition) is 4. The number of rotatable bonds is 1. The van der Waals surface area contributed by atoms with Gasteiger partial charge >= 0.3 is 0 Å². The Morgan fingerprint density at radius 3 is 2.91 bits per heavy atom. The predicted octanol–water partition coefficient (Wildman–Crippen LogP) is 4.22. The number of ether oxygens (including phenoxy) is 2. The second-order valence-electron chi connectivity index (χ2n) is 5.67. The zero-order valence-electron chi connectivity index (χ0n) is 12.1. The summed E-state index contributed by atoms with van der Waals surface area (Å²) in [5.74, 6) is 2.35. The summed E-state index contributed by atoms with van der Waals surface area (Å²) in [7, 11) is 0. The van der Waals surface area contributed by atoms with E-state index in [-0.39, 0.29) is 0 Å². The van der Waals surface area contributed by atoms with E-state index in [4.69, 9.17) is 9.47 Å². The van der Waals surface area contributed by atoms with Crippen molar-refractivity contribution in [3.05, 3.63) is 45.2 Å². The molecule has 2 aliphatic heterocycles. The fraction of sp³-hybridized carbons (Fsp3) is 0.353. The van der Waals surface area contributed by atoms with E-state index in [2.05, 4.69) is 51.1 Å². The summed E-state index contributed by atoms with van der Waals surface area (Å²) in [5.41, 5.74) is 3.52. The minimum absolute atomic E-state index is 0.539. The molecule has 0 atom stereocenters. The van der Waals surface area contributed by atoms with E-state index in [9.17, 15) is 0 Å². The van der Waals surface area contributed by atoms with Crippen LogP contribution in [0.4, 0.5) is 11.5 Å². The SMILES string of the molecule is Ic1ccc2c(c1)Nc1nccc(C3CCOCC3)c1CO2. The molecule has 1 aromatic heterocycles. The van der Waals surface area contributed by atoms with Crippen LogP contribution in [0, 0.1) is 3.57 Å². The Labute approximate surface area is 143 Å². The van der Waals surface area contributed by atoms with Gasteiger partial charge in [-0.25, -0.2) is 4.98 Å². The van der Waals surface area contributed by atoms with E-state index in [1.807, 2.05) is 12.3 Å². The Morgan fingerprint density at radius 2 is 2.05 bits per heavy atom. The summed E-state index contributed by atoms with van der Waals surface area (Å²) in [6, 6.07) is 8.31. The summed E-state index contributed by atoms with van der Waals surface area (Å²) in [5, 5.41) is 3.45. The molecule has 4 nitrogen and oxygen atoms in total. The van der Waals surface area contributed by atoms with Crippen LogP contribution in [0.15, 0.2) is 30.5 Å². The fourth-order valence-corrected chi connectivity index (χ4v) is 3.65. The molecule has 114 valence electrons. The summed E-state index contributed by atoms with van der Waals surface area (Å²) < 4.78 is 12.7. The highest BCUT2D eigenvalue weighted by Crippen LogP contribution is 2.38. The average molecular weight is 408 g/mol. The molecule has 3 heterocycles. The Bertz CT molecular complexity index is 699. The molecule has 0 saturated carbocycles. The maximum atomic E-state index is 6.02. The summed E-state index contributed by atoms with van der Waals surface area (Å²) in [6.45, 7) is 2.25. The van der Waals surface area contributed by atoms with E-state index in [0.29, 0.717) is 12.5 Å². The first-order valence-corrected chi connectivity index (χ1v) is 8.64. The van der Waals surface area contributed by atoms with Crippen LogP contribution in [0.25, 0.3) is 0 Å².